The standard InChI is InChI=1S/C17H24BrFN2O/c1-12-5-4-8-21(10-12)17(2,3)11-20-16(22)14-7-6-13(19)9-15(14)18/h6-7,9,12H,4-5,8,10-11H2,1-3H3,(H,20,22). The number of piperidine rings is 1. The third-order valence-electron chi connectivity index (χ3n) is 4.37. The predicted octanol–water partition coefficient (Wildman–Crippen LogP) is 3.83. The van der Waals surface area contributed by atoms with Gasteiger partial charge >= 0.3 is 0 Å². The number of carbonyl (C=O) groups excluding carboxylic acids is 1. The normalized spacial score (nSPS) is 20.0. The number of rotatable bonds is 4. The van der Waals surface area contributed by atoms with Crippen molar-refractivity contribution in [3.63, 3.8) is 0 Å². The zero-order valence-corrected chi connectivity index (χ0v) is 15.0. The molecule has 122 valence electrons. The van der Waals surface area contributed by atoms with Crippen molar-refractivity contribution in [2.24, 2.45) is 5.92 Å². The lowest BCUT2D eigenvalue weighted by atomic mass is 9.93. The molecule has 0 saturated carbocycles. The summed E-state index contributed by atoms with van der Waals surface area (Å²) in [6.45, 7) is 9.31. The molecule has 1 saturated heterocycles. The molecule has 0 radical (unpaired) electrons. The molecule has 1 unspecified atom stereocenters. The van der Waals surface area contributed by atoms with Gasteiger partial charge in [-0.1, -0.05) is 6.92 Å². The first kappa shape index (κ1) is 17.4. The summed E-state index contributed by atoms with van der Waals surface area (Å²) < 4.78 is 13.6. The van der Waals surface area contributed by atoms with Crippen LogP contribution in [0.2, 0.25) is 0 Å². The van der Waals surface area contributed by atoms with Crippen LogP contribution in [0.3, 0.4) is 0 Å². The van der Waals surface area contributed by atoms with Crippen LogP contribution in [0.4, 0.5) is 4.39 Å². The SMILES string of the molecule is CC1CCCN(C(C)(C)CNC(=O)c2ccc(F)cc2Br)C1. The summed E-state index contributed by atoms with van der Waals surface area (Å²) in [5, 5.41) is 2.98. The molecule has 22 heavy (non-hydrogen) atoms. The Kier molecular flexibility index (Phi) is 5.61. The first-order chi connectivity index (χ1) is 10.3. The minimum absolute atomic E-state index is 0.0865. The Morgan fingerprint density at radius 3 is 2.86 bits per heavy atom. The van der Waals surface area contributed by atoms with Crippen molar-refractivity contribution >= 4 is 21.8 Å². The fourth-order valence-corrected chi connectivity index (χ4v) is 3.45. The fraction of sp³-hybridized carbons (Fsp3) is 0.588. The van der Waals surface area contributed by atoms with Gasteiger partial charge in [-0.25, -0.2) is 4.39 Å². The molecule has 2 rings (SSSR count). The van der Waals surface area contributed by atoms with E-state index in [-0.39, 0.29) is 17.3 Å². The second kappa shape index (κ2) is 7.09. The van der Waals surface area contributed by atoms with Gasteiger partial charge in [0.1, 0.15) is 5.82 Å². The lowest BCUT2D eigenvalue weighted by molar-refractivity contribution is 0.0657. The van der Waals surface area contributed by atoms with Crippen LogP contribution in [0.25, 0.3) is 0 Å². The molecule has 0 aromatic heterocycles. The molecule has 1 fully saturated rings. The quantitative estimate of drug-likeness (QED) is 0.873. The number of hydrogen-bond acceptors (Lipinski definition) is 2. The summed E-state index contributed by atoms with van der Waals surface area (Å²) in [5.41, 5.74) is 0.376. The highest BCUT2D eigenvalue weighted by Gasteiger charge is 2.30. The predicted molar refractivity (Wildman–Crippen MR) is 90.5 cm³/mol. The van der Waals surface area contributed by atoms with Crippen LogP contribution in [0, 0.1) is 11.7 Å². The van der Waals surface area contributed by atoms with Gasteiger partial charge in [-0.3, -0.25) is 9.69 Å². The molecular formula is C17H24BrFN2O. The largest absolute Gasteiger partial charge is 0.350 e. The third kappa shape index (κ3) is 4.29. The van der Waals surface area contributed by atoms with Crippen LogP contribution in [0.15, 0.2) is 22.7 Å². The Balaban J connectivity index is 1.97. The Morgan fingerprint density at radius 2 is 2.23 bits per heavy atom. The summed E-state index contributed by atoms with van der Waals surface area (Å²) in [7, 11) is 0. The maximum Gasteiger partial charge on any atom is 0.252 e. The van der Waals surface area contributed by atoms with E-state index in [0.29, 0.717) is 22.5 Å². The van der Waals surface area contributed by atoms with E-state index in [1.54, 1.807) is 0 Å². The van der Waals surface area contributed by atoms with E-state index in [0.717, 1.165) is 13.1 Å². The van der Waals surface area contributed by atoms with Crippen molar-refractivity contribution in [3.8, 4) is 0 Å². The van der Waals surface area contributed by atoms with E-state index < -0.39 is 0 Å². The van der Waals surface area contributed by atoms with E-state index in [1.165, 1.54) is 31.0 Å². The highest BCUT2D eigenvalue weighted by Crippen LogP contribution is 2.24. The summed E-state index contributed by atoms with van der Waals surface area (Å²) in [6, 6.07) is 4.12. The van der Waals surface area contributed by atoms with Gasteiger partial charge in [0, 0.05) is 23.1 Å². The van der Waals surface area contributed by atoms with Crippen LogP contribution < -0.4 is 5.32 Å². The van der Waals surface area contributed by atoms with Crippen molar-refractivity contribution in [1.82, 2.24) is 10.2 Å². The number of likely N-dealkylation sites (tertiary alicyclic amines) is 1. The van der Waals surface area contributed by atoms with Gasteiger partial charge in [-0.05, 0) is 73.3 Å². The lowest BCUT2D eigenvalue weighted by Crippen LogP contribution is -2.54. The number of benzene rings is 1. The minimum Gasteiger partial charge on any atom is -0.350 e. The Morgan fingerprint density at radius 1 is 1.50 bits per heavy atom. The summed E-state index contributed by atoms with van der Waals surface area (Å²) in [6.07, 6.45) is 2.49. The van der Waals surface area contributed by atoms with Crippen LogP contribution in [0.5, 0.6) is 0 Å². The molecule has 1 N–H and O–H groups in total. The maximum atomic E-state index is 13.1. The van der Waals surface area contributed by atoms with Gasteiger partial charge in [0.05, 0.1) is 5.56 Å². The monoisotopic (exact) mass is 370 g/mol. The van der Waals surface area contributed by atoms with Crippen molar-refractivity contribution in [2.75, 3.05) is 19.6 Å². The maximum absolute atomic E-state index is 13.1. The summed E-state index contributed by atoms with van der Waals surface area (Å²) >= 11 is 3.24. The molecular weight excluding hydrogens is 347 g/mol. The number of halogens is 2. The van der Waals surface area contributed by atoms with Crippen molar-refractivity contribution < 1.29 is 9.18 Å². The molecule has 0 aliphatic carbocycles. The van der Waals surface area contributed by atoms with Crippen molar-refractivity contribution in [1.29, 1.82) is 0 Å². The Hall–Kier alpha value is -0.940. The van der Waals surface area contributed by atoms with Crippen LogP contribution in [0.1, 0.15) is 44.0 Å². The van der Waals surface area contributed by atoms with Crippen molar-refractivity contribution in [3.05, 3.63) is 34.1 Å². The number of carbonyl (C=O) groups is 1. The second-order valence-electron chi connectivity index (χ2n) is 6.81. The lowest BCUT2D eigenvalue weighted by Gasteiger charge is -2.43. The average Bonchev–Trinajstić information content (AvgIpc) is 2.45. The number of nitrogens with zero attached hydrogens (tertiary/aromatic N) is 1. The fourth-order valence-electron chi connectivity index (χ4n) is 2.92. The van der Waals surface area contributed by atoms with Crippen LogP contribution >= 0.6 is 15.9 Å². The van der Waals surface area contributed by atoms with Crippen molar-refractivity contribution in [2.45, 2.75) is 39.2 Å². The van der Waals surface area contributed by atoms with Gasteiger partial charge in [0.25, 0.3) is 5.91 Å². The molecule has 1 aliphatic heterocycles. The topological polar surface area (TPSA) is 32.3 Å². The van der Waals surface area contributed by atoms with Gasteiger partial charge in [0.15, 0.2) is 0 Å². The van der Waals surface area contributed by atoms with E-state index in [4.69, 9.17) is 0 Å². The van der Waals surface area contributed by atoms with Gasteiger partial charge in [0.2, 0.25) is 0 Å². The number of hydrogen-bond donors (Lipinski definition) is 1. The van der Waals surface area contributed by atoms with Gasteiger partial charge in [-0.2, -0.15) is 0 Å². The zero-order valence-electron chi connectivity index (χ0n) is 13.5. The zero-order chi connectivity index (χ0) is 16.3. The van der Waals surface area contributed by atoms with E-state index in [1.807, 2.05) is 0 Å². The molecule has 1 aliphatic rings. The second-order valence-corrected chi connectivity index (χ2v) is 7.67. The molecule has 5 heteroatoms. The van der Waals surface area contributed by atoms with E-state index in [9.17, 15) is 9.18 Å². The molecule has 0 bridgehead atoms. The summed E-state index contributed by atoms with van der Waals surface area (Å²) in [4.78, 5) is 14.7. The highest BCUT2D eigenvalue weighted by atomic mass is 79.9. The van der Waals surface area contributed by atoms with E-state index >= 15 is 0 Å². The first-order valence-corrected chi connectivity index (χ1v) is 8.57. The minimum atomic E-state index is -0.356. The number of nitrogens with one attached hydrogen (secondary N) is 1. The van der Waals surface area contributed by atoms with Gasteiger partial charge < -0.3 is 5.32 Å². The number of amides is 1. The van der Waals surface area contributed by atoms with Crippen LogP contribution in [-0.2, 0) is 0 Å². The molecule has 0 spiro atoms. The molecule has 3 nitrogen and oxygen atoms in total. The van der Waals surface area contributed by atoms with E-state index in [2.05, 4.69) is 46.9 Å². The van der Waals surface area contributed by atoms with Gasteiger partial charge in [-0.15, -0.1) is 0 Å². The molecule has 1 aromatic carbocycles. The van der Waals surface area contributed by atoms with Crippen LogP contribution in [-0.4, -0.2) is 36.0 Å². The molecule has 1 aromatic rings. The highest BCUT2D eigenvalue weighted by molar-refractivity contribution is 9.10. The Labute approximate surface area is 140 Å². The smallest absolute Gasteiger partial charge is 0.252 e. The average molecular weight is 371 g/mol. The molecule has 1 heterocycles. The first-order valence-electron chi connectivity index (χ1n) is 7.78. The summed E-state index contributed by atoms with van der Waals surface area (Å²) in [5.74, 6) is 0.172. The third-order valence-corrected chi connectivity index (χ3v) is 5.03. The molecule has 1 atom stereocenters. The molecule has 1 amide bonds. The Bertz CT molecular complexity index is 547.